The van der Waals surface area contributed by atoms with Gasteiger partial charge in [-0.05, 0) is 0 Å². The third-order valence-electron chi connectivity index (χ3n) is 0. The van der Waals surface area contributed by atoms with Crippen molar-refractivity contribution in [2.45, 2.75) is 0 Å². The Kier molecular flexibility index (Phi) is 20.1. The summed E-state index contributed by atoms with van der Waals surface area (Å²) in [6.07, 6.45) is 0. The van der Waals surface area contributed by atoms with Crippen LogP contribution in [0.15, 0.2) is 0 Å². The van der Waals surface area contributed by atoms with E-state index in [4.69, 9.17) is 0 Å². The molecule has 0 N–H and O–H groups in total. The van der Waals surface area contributed by atoms with Crippen molar-refractivity contribution in [1.29, 1.82) is 0 Å². The Morgan fingerprint density at radius 3 is 1.25 bits per heavy atom. The Bertz CT molecular complexity index is 6.00. The molecular formula is H2CuF2Se. The van der Waals surface area contributed by atoms with Crippen LogP contribution in [-0.4, -0.2) is 17.1 Å². The van der Waals surface area contributed by atoms with Crippen molar-refractivity contribution in [3.05, 3.63) is 0 Å². The van der Waals surface area contributed by atoms with E-state index in [-0.39, 0.29) is 17.1 Å². The third-order valence-corrected chi connectivity index (χ3v) is 0. The van der Waals surface area contributed by atoms with Crippen molar-refractivity contribution in [2.75, 3.05) is 0 Å². The number of rotatable bonds is 0. The van der Waals surface area contributed by atoms with Crippen LogP contribution in [0.4, 0.5) is 7.10 Å². The predicted octanol–water partition coefficient (Wildman–Crippen LogP) is -0.0783. The molecule has 0 unspecified atom stereocenters. The van der Waals surface area contributed by atoms with Crippen LogP contribution in [-0.2, 0) is 15.9 Å². The molecule has 0 aromatic heterocycles. The second-order valence-corrected chi connectivity index (χ2v) is 0.178. The van der Waals surface area contributed by atoms with Gasteiger partial charge in [0.15, 0.2) is 0 Å². The average molecular weight is 183 g/mol. The molecular weight excluding hydrogens is 181 g/mol. The molecule has 0 atom stereocenters. The zero-order valence-corrected chi connectivity index (χ0v) is 4.60. The first kappa shape index (κ1) is 8.86. The Balaban J connectivity index is 0. The molecule has 0 amide bonds. The topological polar surface area (TPSA) is 0 Å². The first-order chi connectivity index (χ1) is 1.41. The van der Waals surface area contributed by atoms with E-state index < -0.39 is 15.9 Å². The van der Waals surface area contributed by atoms with E-state index in [1.165, 1.54) is 0 Å². The van der Waals surface area contributed by atoms with Gasteiger partial charge < -0.3 is 0 Å². The molecule has 0 rings (SSSR count). The molecule has 0 bridgehead atoms. The van der Waals surface area contributed by atoms with Crippen LogP contribution in [0, 0.1) is 0 Å². The molecule has 0 radical (unpaired) electrons. The minimum atomic E-state index is -1.19. The third kappa shape index (κ3) is 12.9. The summed E-state index contributed by atoms with van der Waals surface area (Å²) in [7, 11) is 0. The first-order valence-electron chi connectivity index (χ1n) is 0.228. The summed E-state index contributed by atoms with van der Waals surface area (Å²) >= 11 is -1.19. The van der Waals surface area contributed by atoms with Gasteiger partial charge in [0.1, 0.15) is 0 Å². The summed E-state index contributed by atoms with van der Waals surface area (Å²) in [6.45, 7) is 0. The van der Waals surface area contributed by atoms with Gasteiger partial charge in [0, 0.05) is 0 Å². The maximum absolute atomic E-state index is 9.53. The molecule has 0 aliphatic carbocycles. The summed E-state index contributed by atoms with van der Waals surface area (Å²) < 4.78 is 19.1. The molecule has 0 aromatic rings. The zero-order chi connectivity index (χ0) is 2.71. The standard InChI is InChI=1S/Cu.2FH.H2Se/h;2*1H;1H2/q+2;;;/p-2. The fraction of sp³-hybridized carbons (Fsp3) is 0. The summed E-state index contributed by atoms with van der Waals surface area (Å²) in [4.78, 5) is 0. The zero-order valence-electron chi connectivity index (χ0n) is 1.56. The van der Waals surface area contributed by atoms with E-state index in [2.05, 4.69) is 0 Å². The predicted molar refractivity (Wildman–Crippen MR) is 10.8 cm³/mol. The van der Waals surface area contributed by atoms with Crippen molar-refractivity contribution < 1.29 is 23.0 Å². The second-order valence-electron chi connectivity index (χ2n) is 0.0431. The maximum atomic E-state index is 9.53. The molecule has 0 spiro atoms. The number of hydrogen-bond acceptors (Lipinski definition) is 0. The fourth-order valence-corrected chi connectivity index (χ4v) is 0. The van der Waals surface area contributed by atoms with Crippen LogP contribution in [0.1, 0.15) is 0 Å². The average Bonchev–Trinajstić information content (AvgIpc) is 0.918. The van der Waals surface area contributed by atoms with Crippen molar-refractivity contribution in [3.8, 4) is 0 Å². The summed E-state index contributed by atoms with van der Waals surface area (Å²) in [5.41, 5.74) is 0. The van der Waals surface area contributed by atoms with Crippen LogP contribution < -0.4 is 0 Å². The van der Waals surface area contributed by atoms with Gasteiger partial charge in [-0.25, -0.2) is 0 Å². The molecule has 0 fully saturated rings. The molecule has 0 nitrogen and oxygen atoms in total. The molecule has 0 heterocycles. The van der Waals surface area contributed by atoms with Gasteiger partial charge in [-0.1, -0.05) is 0 Å². The summed E-state index contributed by atoms with van der Waals surface area (Å²) in [5, 5.41) is 0. The summed E-state index contributed by atoms with van der Waals surface area (Å²) in [6, 6.07) is 0. The molecule has 33 valence electrons. The van der Waals surface area contributed by atoms with Gasteiger partial charge in [0.2, 0.25) is 0 Å². The van der Waals surface area contributed by atoms with Crippen LogP contribution in [0.5, 0.6) is 0 Å². The molecule has 0 aliphatic heterocycles. The molecule has 0 saturated heterocycles. The van der Waals surface area contributed by atoms with E-state index in [1.54, 1.807) is 0 Å². The van der Waals surface area contributed by atoms with E-state index in [0.29, 0.717) is 0 Å². The Morgan fingerprint density at radius 2 is 1.25 bits per heavy atom. The SMILES string of the molecule is [F][Cu][F].[SeH2]. The van der Waals surface area contributed by atoms with Crippen molar-refractivity contribution in [3.63, 3.8) is 0 Å². The quantitative estimate of drug-likeness (QED) is 0.460. The van der Waals surface area contributed by atoms with Crippen LogP contribution >= 0.6 is 0 Å². The molecule has 0 aliphatic rings. The Hall–Kier alpha value is 0.899. The van der Waals surface area contributed by atoms with Crippen molar-refractivity contribution in [2.24, 2.45) is 0 Å². The number of hydrogen-bond donors (Lipinski definition) is 0. The van der Waals surface area contributed by atoms with E-state index in [0.717, 1.165) is 0 Å². The molecule has 0 aromatic carbocycles. The monoisotopic (exact) mass is 183 g/mol. The van der Waals surface area contributed by atoms with Gasteiger partial charge in [-0.2, -0.15) is 0 Å². The minimum absolute atomic E-state index is 0. The van der Waals surface area contributed by atoms with Gasteiger partial charge in [-0.3, -0.25) is 0 Å². The molecule has 0 saturated carbocycles. The Morgan fingerprint density at radius 1 is 1.25 bits per heavy atom. The first-order valence-corrected chi connectivity index (χ1v) is 0.940. The van der Waals surface area contributed by atoms with Crippen LogP contribution in [0.3, 0.4) is 0 Å². The normalized spacial score (nSPS) is 5.50. The summed E-state index contributed by atoms with van der Waals surface area (Å²) in [5.74, 6) is 0. The van der Waals surface area contributed by atoms with Gasteiger partial charge >= 0.3 is 40.0 Å². The van der Waals surface area contributed by atoms with Crippen molar-refractivity contribution in [1.82, 2.24) is 0 Å². The second kappa shape index (κ2) is 9.09. The molecule has 4 heteroatoms. The van der Waals surface area contributed by atoms with E-state index in [9.17, 15) is 7.10 Å². The van der Waals surface area contributed by atoms with Crippen molar-refractivity contribution >= 4 is 17.1 Å². The van der Waals surface area contributed by atoms with Gasteiger partial charge in [0.25, 0.3) is 0 Å². The van der Waals surface area contributed by atoms with E-state index in [1.807, 2.05) is 0 Å². The van der Waals surface area contributed by atoms with Gasteiger partial charge in [-0.15, -0.1) is 0 Å². The van der Waals surface area contributed by atoms with E-state index >= 15 is 0 Å². The fourth-order valence-electron chi connectivity index (χ4n) is 0. The van der Waals surface area contributed by atoms with Gasteiger partial charge in [0.05, 0.1) is 0 Å². The number of halogens is 2. The van der Waals surface area contributed by atoms with Crippen LogP contribution in [0.2, 0.25) is 0 Å². The Labute approximate surface area is 40.5 Å². The van der Waals surface area contributed by atoms with Crippen LogP contribution in [0.25, 0.3) is 0 Å². The molecule has 4 heavy (non-hydrogen) atoms.